The summed E-state index contributed by atoms with van der Waals surface area (Å²) < 4.78 is 27.3. The second kappa shape index (κ2) is 34.3. The highest BCUT2D eigenvalue weighted by Gasteiger charge is 2.26. The van der Waals surface area contributed by atoms with E-state index in [0.29, 0.717) is 44.6 Å². The van der Waals surface area contributed by atoms with Crippen LogP contribution in [-0.4, -0.2) is 131 Å². The number of ether oxygens (including phenoxy) is 5. The Bertz CT molecular complexity index is 1050. The van der Waals surface area contributed by atoms with Crippen molar-refractivity contribution in [3.05, 3.63) is 11.9 Å². The number of methoxy groups -OCH3 is 1. The molecule has 57 heavy (non-hydrogen) atoms. The number of hydrogen-bond donors (Lipinski definition) is 5. The van der Waals surface area contributed by atoms with Crippen molar-refractivity contribution in [1.82, 2.24) is 25.9 Å². The molecule has 0 aromatic rings. The molecule has 0 atom stereocenters. The molecule has 0 aliphatic carbocycles. The minimum atomic E-state index is -0.547. The molecule has 0 rings (SSSR count). The number of nitrogens with one attached hydrogen (secondary N) is 3. The molecule has 0 saturated carbocycles. The van der Waals surface area contributed by atoms with Gasteiger partial charge in [0, 0.05) is 45.2 Å². The van der Waals surface area contributed by atoms with Crippen molar-refractivity contribution in [2.24, 2.45) is 23.4 Å². The molecule has 0 fully saturated rings. The summed E-state index contributed by atoms with van der Waals surface area (Å²) in [6.45, 7) is 29.5. The van der Waals surface area contributed by atoms with E-state index < -0.39 is 22.6 Å². The second-order valence-electron chi connectivity index (χ2n) is 16.9. The van der Waals surface area contributed by atoms with Gasteiger partial charge in [0.25, 0.3) is 0 Å². The Balaban J connectivity index is -0.00000230. The molecule has 0 spiro atoms. The van der Waals surface area contributed by atoms with Gasteiger partial charge < -0.3 is 50.0 Å². The molecule has 0 aliphatic rings. The van der Waals surface area contributed by atoms with Gasteiger partial charge in [-0.25, -0.2) is 5.84 Å². The third-order valence-electron chi connectivity index (χ3n) is 7.91. The molecule has 0 radical (unpaired) electrons. The summed E-state index contributed by atoms with van der Waals surface area (Å²) in [6.07, 6.45) is 6.83. The van der Waals surface area contributed by atoms with E-state index in [9.17, 15) is 14.4 Å². The molecule has 15 heteroatoms. The van der Waals surface area contributed by atoms with Crippen LogP contribution >= 0.6 is 0 Å². The maximum absolute atomic E-state index is 13.2. The zero-order valence-corrected chi connectivity index (χ0v) is 39.1. The molecule has 0 aromatic carbocycles. The average Bonchev–Trinajstić information content (AvgIpc) is 3.07. The van der Waals surface area contributed by atoms with Crippen LogP contribution in [0.2, 0.25) is 0 Å². The smallest absolute Gasteiger partial charge is 0.240 e. The predicted octanol–water partition coefficient (Wildman–Crippen LogP) is 4.93. The number of hydrazine groups is 1. The van der Waals surface area contributed by atoms with Gasteiger partial charge in [-0.3, -0.25) is 19.7 Å². The second-order valence-corrected chi connectivity index (χ2v) is 16.9. The van der Waals surface area contributed by atoms with Gasteiger partial charge in [0.05, 0.1) is 56.4 Å². The summed E-state index contributed by atoms with van der Waals surface area (Å²) in [7, 11) is 3.51. The van der Waals surface area contributed by atoms with Crippen LogP contribution in [0.15, 0.2) is 11.9 Å². The molecule has 0 unspecified atom stereocenters. The van der Waals surface area contributed by atoms with Gasteiger partial charge >= 0.3 is 0 Å². The molecule has 15 nitrogen and oxygen atoms in total. The summed E-state index contributed by atoms with van der Waals surface area (Å²) in [5, 5.41) is 9.97. The van der Waals surface area contributed by atoms with E-state index in [-0.39, 0.29) is 57.6 Å². The van der Waals surface area contributed by atoms with Crippen LogP contribution in [0.5, 0.6) is 0 Å². The van der Waals surface area contributed by atoms with Crippen molar-refractivity contribution in [3.8, 4) is 0 Å². The molecular formula is C42H89N7O8. The lowest BCUT2D eigenvalue weighted by atomic mass is 9.96. The van der Waals surface area contributed by atoms with Crippen LogP contribution in [-0.2, 0) is 38.1 Å². The van der Waals surface area contributed by atoms with E-state index in [1.54, 1.807) is 14.2 Å². The first-order chi connectivity index (χ1) is 26.5. The summed E-state index contributed by atoms with van der Waals surface area (Å²) in [4.78, 5) is 40.2. The standard InChI is InChI=1S/C32H65N7O7.C6H14.C4H10O/c1-11-43-17-13-30(4,5)37-28(41)21-38(29(42)12-16-45-31(6,7)18-25(2)3)20-27(40)36-14-15-39(34)19-26(33)22-44-23-32(8,9)46-24-35-10;1-4-5-6(2)3;1-3-4-5-2/h19,25,35H,11-18,20-24,33-34H2,1-10H3,(H,36,40)(H,37,41);6H,4-5H2,1-3H3;3-4H2,1-2H3/b26-19-;;. The lowest BCUT2D eigenvalue weighted by molar-refractivity contribution is -0.141. The molecule has 340 valence electrons. The first-order valence-electron chi connectivity index (χ1n) is 20.9. The summed E-state index contributed by atoms with van der Waals surface area (Å²) in [5.74, 6) is 6.21. The van der Waals surface area contributed by atoms with Gasteiger partial charge in [0.2, 0.25) is 17.7 Å². The first-order valence-corrected chi connectivity index (χ1v) is 20.9. The maximum atomic E-state index is 13.2. The Morgan fingerprint density at radius 2 is 1.46 bits per heavy atom. The summed E-state index contributed by atoms with van der Waals surface area (Å²) >= 11 is 0. The van der Waals surface area contributed by atoms with Crippen molar-refractivity contribution in [2.75, 3.05) is 86.7 Å². The number of rotatable bonds is 30. The van der Waals surface area contributed by atoms with Crippen LogP contribution in [0.3, 0.4) is 0 Å². The monoisotopic (exact) mass is 820 g/mol. The highest BCUT2D eigenvalue weighted by atomic mass is 16.5. The quantitative estimate of drug-likeness (QED) is 0.0285. The molecular weight excluding hydrogens is 731 g/mol. The van der Waals surface area contributed by atoms with E-state index in [1.165, 1.54) is 29.0 Å². The summed E-state index contributed by atoms with van der Waals surface area (Å²) in [5.41, 5.74) is 5.01. The van der Waals surface area contributed by atoms with Gasteiger partial charge in [-0.1, -0.05) is 54.4 Å². The highest BCUT2D eigenvalue weighted by Crippen LogP contribution is 2.20. The molecule has 0 aromatic heterocycles. The Kier molecular flexibility index (Phi) is 35.4. The Hall–Kier alpha value is -2.53. The minimum absolute atomic E-state index is 0.0390. The number of amides is 3. The van der Waals surface area contributed by atoms with Crippen molar-refractivity contribution in [3.63, 3.8) is 0 Å². The first kappa shape index (κ1) is 58.8. The van der Waals surface area contributed by atoms with Crippen molar-refractivity contribution < 1.29 is 38.1 Å². The molecule has 0 heterocycles. The van der Waals surface area contributed by atoms with Crippen molar-refractivity contribution >= 4 is 17.7 Å². The molecule has 0 bridgehead atoms. The zero-order chi connectivity index (χ0) is 44.5. The highest BCUT2D eigenvalue weighted by molar-refractivity contribution is 5.89. The predicted molar refractivity (Wildman–Crippen MR) is 232 cm³/mol. The molecule has 3 amide bonds. The Labute approximate surface area is 348 Å². The number of carbonyl (C=O) groups is 3. The van der Waals surface area contributed by atoms with E-state index in [2.05, 4.69) is 57.5 Å². The largest absolute Gasteiger partial charge is 0.399 e. The normalized spacial score (nSPS) is 12.1. The number of carbonyl (C=O) groups excluding carboxylic acids is 3. The Morgan fingerprint density at radius 1 is 0.825 bits per heavy atom. The molecule has 0 saturated heterocycles. The molecule has 0 aliphatic heterocycles. The fourth-order valence-electron chi connectivity index (χ4n) is 5.35. The van der Waals surface area contributed by atoms with Gasteiger partial charge in [-0.15, -0.1) is 0 Å². The third kappa shape index (κ3) is 40.1. The van der Waals surface area contributed by atoms with Gasteiger partial charge in [-0.2, -0.15) is 0 Å². The van der Waals surface area contributed by atoms with E-state index >= 15 is 0 Å². The van der Waals surface area contributed by atoms with Crippen LogP contribution in [0.25, 0.3) is 0 Å². The van der Waals surface area contributed by atoms with Crippen molar-refractivity contribution in [1.29, 1.82) is 0 Å². The SMILES string of the molecule is CCCC(C)C.CCCOC.CCOCCC(C)(C)NC(=O)CN(CC(=O)NCCN(N)/C=C(\N)COCC(C)(C)OCNC)C(=O)CCOC(C)(C)CC(C)C. The summed E-state index contributed by atoms with van der Waals surface area (Å²) in [6, 6.07) is 0. The zero-order valence-electron chi connectivity index (χ0n) is 39.1. The fraction of sp³-hybridized carbons (Fsp3) is 0.881. The van der Waals surface area contributed by atoms with E-state index in [1.807, 2.05) is 48.5 Å². The lowest BCUT2D eigenvalue weighted by Gasteiger charge is -2.29. The Morgan fingerprint density at radius 3 is 1.95 bits per heavy atom. The minimum Gasteiger partial charge on any atom is -0.399 e. The number of nitrogens with zero attached hydrogens (tertiary/aromatic N) is 2. The van der Waals surface area contributed by atoms with E-state index in [0.717, 1.165) is 25.4 Å². The van der Waals surface area contributed by atoms with Crippen LogP contribution < -0.4 is 27.5 Å². The van der Waals surface area contributed by atoms with Gasteiger partial charge in [0.1, 0.15) is 13.1 Å². The van der Waals surface area contributed by atoms with E-state index in [4.69, 9.17) is 35.3 Å². The van der Waals surface area contributed by atoms with Crippen LogP contribution in [0, 0.1) is 11.8 Å². The van der Waals surface area contributed by atoms with Gasteiger partial charge in [-0.05, 0) is 86.6 Å². The van der Waals surface area contributed by atoms with Gasteiger partial charge in [0.15, 0.2) is 0 Å². The van der Waals surface area contributed by atoms with Crippen LogP contribution in [0.4, 0.5) is 0 Å². The number of hydrogen-bond acceptors (Lipinski definition) is 12. The lowest BCUT2D eigenvalue weighted by Crippen LogP contribution is -2.51. The molecule has 7 N–H and O–H groups in total. The topological polar surface area (TPSA) is 192 Å². The maximum Gasteiger partial charge on any atom is 0.240 e. The number of nitrogens with two attached hydrogens (primary N) is 2. The third-order valence-corrected chi connectivity index (χ3v) is 7.91. The van der Waals surface area contributed by atoms with Crippen molar-refractivity contribution in [2.45, 2.75) is 145 Å². The van der Waals surface area contributed by atoms with Crippen LogP contribution in [0.1, 0.15) is 129 Å². The average molecular weight is 820 g/mol. The fourth-order valence-corrected chi connectivity index (χ4v) is 5.35.